The summed E-state index contributed by atoms with van der Waals surface area (Å²) in [6, 6.07) is 7.16. The van der Waals surface area contributed by atoms with Crippen LogP contribution in [0.1, 0.15) is 33.3 Å². The number of nitrogens with zero attached hydrogens (tertiary/aromatic N) is 1. The molecule has 1 aliphatic rings. The second-order valence-electron chi connectivity index (χ2n) is 6.62. The van der Waals surface area contributed by atoms with Crippen molar-refractivity contribution in [3.05, 3.63) is 29.8 Å². The number of amides is 1. The first-order chi connectivity index (χ1) is 10.2. The fourth-order valence-electron chi connectivity index (χ4n) is 2.87. The van der Waals surface area contributed by atoms with Crippen molar-refractivity contribution < 1.29 is 14.7 Å². The Morgan fingerprint density at radius 3 is 2.50 bits per heavy atom. The van der Waals surface area contributed by atoms with E-state index in [0.717, 1.165) is 18.7 Å². The zero-order chi connectivity index (χ0) is 16.5. The minimum Gasteiger partial charge on any atom is -0.480 e. The van der Waals surface area contributed by atoms with Gasteiger partial charge in [0, 0.05) is 12.2 Å². The van der Waals surface area contributed by atoms with Crippen LogP contribution in [0, 0.1) is 5.92 Å². The van der Waals surface area contributed by atoms with Gasteiger partial charge in [-0.05, 0) is 37.8 Å². The van der Waals surface area contributed by atoms with Gasteiger partial charge in [0.15, 0.2) is 0 Å². The molecule has 5 nitrogen and oxygen atoms in total. The van der Waals surface area contributed by atoms with Crippen LogP contribution < -0.4 is 10.2 Å². The highest BCUT2D eigenvalue weighted by Gasteiger charge is 2.40. The molecule has 0 aromatic heterocycles. The predicted molar refractivity (Wildman–Crippen MR) is 86.0 cm³/mol. The molecule has 1 heterocycles. The number of rotatable bonds is 5. The lowest BCUT2D eigenvalue weighted by Gasteiger charge is -2.37. The van der Waals surface area contributed by atoms with Crippen LogP contribution >= 0.6 is 0 Å². The monoisotopic (exact) mass is 304 g/mol. The first kappa shape index (κ1) is 16.3. The molecule has 2 N–H and O–H groups in total. The summed E-state index contributed by atoms with van der Waals surface area (Å²) in [5.41, 5.74) is 1.48. The molecule has 2 rings (SSSR count). The molecular formula is C17H24N2O3. The Balaban J connectivity index is 2.20. The fraction of sp³-hybridized carbons (Fsp3) is 0.529. The van der Waals surface area contributed by atoms with Crippen LogP contribution in [-0.2, 0) is 16.0 Å². The van der Waals surface area contributed by atoms with Crippen molar-refractivity contribution >= 4 is 17.6 Å². The topological polar surface area (TPSA) is 69.6 Å². The summed E-state index contributed by atoms with van der Waals surface area (Å²) in [6.07, 6.45) is 0.902. The summed E-state index contributed by atoms with van der Waals surface area (Å²) < 4.78 is 0. The maximum Gasteiger partial charge on any atom is 0.326 e. The predicted octanol–water partition coefficient (Wildman–Crippen LogP) is 2.05. The minimum absolute atomic E-state index is 0.164. The Hall–Kier alpha value is -2.04. The molecule has 1 aromatic carbocycles. The number of carbonyl (C=O) groups excluding carboxylic acids is 1. The third-order valence-corrected chi connectivity index (χ3v) is 4.34. The normalized spacial score (nSPS) is 15.6. The van der Waals surface area contributed by atoms with Crippen molar-refractivity contribution in [2.24, 2.45) is 5.92 Å². The van der Waals surface area contributed by atoms with Gasteiger partial charge >= 0.3 is 5.97 Å². The van der Waals surface area contributed by atoms with Gasteiger partial charge < -0.3 is 15.3 Å². The van der Waals surface area contributed by atoms with E-state index < -0.39 is 17.6 Å². The molecule has 0 radical (unpaired) electrons. The zero-order valence-corrected chi connectivity index (χ0v) is 13.6. The van der Waals surface area contributed by atoms with Crippen molar-refractivity contribution in [3.63, 3.8) is 0 Å². The van der Waals surface area contributed by atoms with Crippen molar-refractivity contribution in [2.75, 3.05) is 11.4 Å². The van der Waals surface area contributed by atoms with Gasteiger partial charge in [-0.25, -0.2) is 4.79 Å². The van der Waals surface area contributed by atoms with Gasteiger partial charge in [0.05, 0.1) is 0 Å². The van der Waals surface area contributed by atoms with Crippen LogP contribution in [0.4, 0.5) is 5.69 Å². The van der Waals surface area contributed by atoms with Gasteiger partial charge in [-0.1, -0.05) is 32.0 Å². The van der Waals surface area contributed by atoms with Gasteiger partial charge in [0.25, 0.3) is 0 Å². The molecule has 0 fully saturated rings. The van der Waals surface area contributed by atoms with Crippen molar-refractivity contribution in [1.82, 2.24) is 5.32 Å². The zero-order valence-electron chi connectivity index (χ0n) is 13.6. The van der Waals surface area contributed by atoms with E-state index in [1.54, 1.807) is 13.8 Å². The molecule has 0 spiro atoms. The van der Waals surface area contributed by atoms with Gasteiger partial charge in [-0.3, -0.25) is 4.79 Å². The number of aliphatic carboxylic acids is 1. The van der Waals surface area contributed by atoms with E-state index >= 15 is 0 Å². The number of carboxylic acids is 1. The number of nitrogens with one attached hydrogen (secondary N) is 1. The van der Waals surface area contributed by atoms with Crippen LogP contribution in [0.3, 0.4) is 0 Å². The molecule has 0 aliphatic carbocycles. The van der Waals surface area contributed by atoms with Crippen LogP contribution in [0.15, 0.2) is 24.3 Å². The summed E-state index contributed by atoms with van der Waals surface area (Å²) in [7, 11) is 0. The number of benzene rings is 1. The van der Waals surface area contributed by atoms with E-state index in [1.807, 2.05) is 32.0 Å². The van der Waals surface area contributed by atoms with E-state index in [1.165, 1.54) is 5.56 Å². The lowest BCUT2D eigenvalue weighted by molar-refractivity contribution is -0.143. The van der Waals surface area contributed by atoms with E-state index in [0.29, 0.717) is 0 Å². The van der Waals surface area contributed by atoms with Crippen LogP contribution in [0.2, 0.25) is 0 Å². The standard InChI is InChI=1S/C17H24N2O3/c1-11(2)14(15(20)21)18-16(22)17(3,4)19-10-9-12-7-5-6-8-13(12)19/h5-8,11,14H,9-10H2,1-4H3,(H,18,22)(H,20,21). The highest BCUT2D eigenvalue weighted by atomic mass is 16.4. The molecular weight excluding hydrogens is 280 g/mol. The number of fused-ring (bicyclic) bond motifs is 1. The molecule has 0 saturated heterocycles. The molecule has 1 atom stereocenters. The first-order valence-electron chi connectivity index (χ1n) is 7.64. The lowest BCUT2D eigenvalue weighted by Crippen LogP contribution is -2.58. The van der Waals surface area contributed by atoms with Gasteiger partial charge in [-0.2, -0.15) is 0 Å². The van der Waals surface area contributed by atoms with Gasteiger partial charge in [0.1, 0.15) is 11.6 Å². The summed E-state index contributed by atoms with van der Waals surface area (Å²) in [5.74, 6) is -1.42. The molecule has 1 amide bonds. The van der Waals surface area contributed by atoms with E-state index in [9.17, 15) is 14.7 Å². The van der Waals surface area contributed by atoms with Crippen molar-refractivity contribution in [2.45, 2.75) is 45.7 Å². The number of carbonyl (C=O) groups is 2. The summed E-state index contributed by atoms with van der Waals surface area (Å²) in [4.78, 5) is 26.0. The molecule has 0 saturated carbocycles. The van der Waals surface area contributed by atoms with Crippen molar-refractivity contribution in [1.29, 1.82) is 0 Å². The number of hydrogen-bond acceptors (Lipinski definition) is 3. The van der Waals surface area contributed by atoms with Crippen LogP contribution in [0.25, 0.3) is 0 Å². The molecule has 1 aromatic rings. The minimum atomic E-state index is -0.999. The SMILES string of the molecule is CC(C)C(NC(=O)C(C)(C)N1CCc2ccccc21)C(=O)O. The second kappa shape index (κ2) is 5.99. The highest BCUT2D eigenvalue weighted by molar-refractivity contribution is 5.93. The Bertz CT molecular complexity index is 581. The highest BCUT2D eigenvalue weighted by Crippen LogP contribution is 2.33. The van der Waals surface area contributed by atoms with E-state index in [4.69, 9.17) is 0 Å². The second-order valence-corrected chi connectivity index (χ2v) is 6.62. The lowest BCUT2D eigenvalue weighted by atomic mass is 9.98. The maximum absolute atomic E-state index is 12.7. The average Bonchev–Trinajstić information content (AvgIpc) is 2.88. The molecule has 1 unspecified atom stereocenters. The average molecular weight is 304 g/mol. The smallest absolute Gasteiger partial charge is 0.326 e. The van der Waals surface area contributed by atoms with E-state index in [-0.39, 0.29) is 11.8 Å². The van der Waals surface area contributed by atoms with Crippen LogP contribution in [0.5, 0.6) is 0 Å². The molecule has 0 bridgehead atoms. The summed E-state index contributed by atoms with van der Waals surface area (Å²) in [6.45, 7) is 8.01. The van der Waals surface area contributed by atoms with Gasteiger partial charge in [-0.15, -0.1) is 0 Å². The Morgan fingerprint density at radius 2 is 1.91 bits per heavy atom. The largest absolute Gasteiger partial charge is 0.480 e. The number of anilines is 1. The van der Waals surface area contributed by atoms with Gasteiger partial charge in [0.2, 0.25) is 5.91 Å². The Labute approximate surface area is 131 Å². The molecule has 1 aliphatic heterocycles. The Morgan fingerprint density at radius 1 is 1.27 bits per heavy atom. The third kappa shape index (κ3) is 2.93. The van der Waals surface area contributed by atoms with Crippen LogP contribution in [-0.4, -0.2) is 35.1 Å². The summed E-state index contributed by atoms with van der Waals surface area (Å²) >= 11 is 0. The number of para-hydroxylation sites is 1. The quantitative estimate of drug-likeness (QED) is 0.873. The third-order valence-electron chi connectivity index (χ3n) is 4.34. The first-order valence-corrected chi connectivity index (χ1v) is 7.64. The molecule has 22 heavy (non-hydrogen) atoms. The number of carboxylic acid groups (broad SMARTS) is 1. The fourth-order valence-corrected chi connectivity index (χ4v) is 2.87. The van der Waals surface area contributed by atoms with Crippen molar-refractivity contribution in [3.8, 4) is 0 Å². The molecule has 5 heteroatoms. The maximum atomic E-state index is 12.7. The van der Waals surface area contributed by atoms with E-state index in [2.05, 4.69) is 16.3 Å². The molecule has 120 valence electrons. The Kier molecular flexibility index (Phi) is 4.44. The summed E-state index contributed by atoms with van der Waals surface area (Å²) in [5, 5.41) is 11.9. The number of hydrogen-bond donors (Lipinski definition) is 2.